The molecule has 0 radical (unpaired) electrons. The second-order valence-electron chi connectivity index (χ2n) is 6.04. The van der Waals surface area contributed by atoms with Gasteiger partial charge >= 0.3 is 0 Å². The summed E-state index contributed by atoms with van der Waals surface area (Å²) in [6.07, 6.45) is 0.784. The van der Waals surface area contributed by atoms with Crippen LogP contribution in [0.2, 0.25) is 0 Å². The van der Waals surface area contributed by atoms with Crippen LogP contribution in [0.4, 0.5) is 5.69 Å². The molecule has 0 fully saturated rings. The molecule has 3 rings (SSSR count). The first kappa shape index (κ1) is 17.8. The van der Waals surface area contributed by atoms with Crippen LogP contribution in [0.5, 0.6) is 5.75 Å². The van der Waals surface area contributed by atoms with E-state index in [1.54, 1.807) is 19.2 Å². The average molecular weight is 354 g/mol. The minimum absolute atomic E-state index is 0.0504. The summed E-state index contributed by atoms with van der Waals surface area (Å²) in [6, 6.07) is 15.1. The summed E-state index contributed by atoms with van der Waals surface area (Å²) in [5.41, 5.74) is 10.7. The third-order valence-corrected chi connectivity index (χ3v) is 4.38. The van der Waals surface area contributed by atoms with Crippen molar-refractivity contribution in [3.8, 4) is 5.75 Å². The minimum Gasteiger partial charge on any atom is -0.497 e. The Labute approximate surface area is 152 Å². The summed E-state index contributed by atoms with van der Waals surface area (Å²) < 4.78 is 5.23. The number of primary amides is 1. The Morgan fingerprint density at radius 1 is 1.19 bits per heavy atom. The standard InChI is InChI=1S/C19H22N4O3/c1-3-16(13-8-10-14(26-2)11-9-13)23-17-7-5-4-6-15(17)19(25)22(21-23)12-18(20)24/h4-11,16,21H,3,12H2,1-2H3,(H2,20,24). The number of ether oxygens (including phenoxy) is 1. The van der Waals surface area contributed by atoms with Crippen LogP contribution in [0, 0.1) is 0 Å². The number of benzene rings is 2. The number of hydrogen-bond donors (Lipinski definition) is 2. The molecule has 0 spiro atoms. The maximum Gasteiger partial charge on any atom is 0.272 e. The Morgan fingerprint density at radius 2 is 1.88 bits per heavy atom. The predicted octanol–water partition coefficient (Wildman–Crippen LogP) is 2.01. The highest BCUT2D eigenvalue weighted by molar-refractivity contribution is 6.02. The van der Waals surface area contributed by atoms with Crippen LogP contribution in [0.3, 0.4) is 0 Å². The number of carbonyl (C=O) groups is 2. The molecule has 2 aromatic rings. The molecular formula is C19H22N4O3. The molecular weight excluding hydrogens is 332 g/mol. The number of amides is 2. The summed E-state index contributed by atoms with van der Waals surface area (Å²) in [7, 11) is 1.63. The van der Waals surface area contributed by atoms with Crippen LogP contribution in [-0.4, -0.2) is 30.5 Å². The highest BCUT2D eigenvalue weighted by Gasteiger charge is 2.33. The molecule has 0 saturated carbocycles. The Kier molecular flexibility index (Phi) is 5.09. The molecule has 0 aromatic heterocycles. The van der Waals surface area contributed by atoms with Gasteiger partial charge in [0.05, 0.1) is 24.4 Å². The molecule has 1 unspecified atom stereocenters. The molecule has 2 aromatic carbocycles. The minimum atomic E-state index is -0.581. The van der Waals surface area contributed by atoms with Crippen molar-refractivity contribution in [2.45, 2.75) is 19.4 Å². The zero-order valence-electron chi connectivity index (χ0n) is 14.8. The maximum atomic E-state index is 12.6. The number of para-hydroxylation sites is 1. The zero-order chi connectivity index (χ0) is 18.7. The van der Waals surface area contributed by atoms with Gasteiger partial charge in [0, 0.05) is 0 Å². The first-order chi connectivity index (χ1) is 12.5. The van der Waals surface area contributed by atoms with Gasteiger partial charge in [-0.05, 0) is 36.2 Å². The summed E-state index contributed by atoms with van der Waals surface area (Å²) in [5, 5.41) is 3.15. The molecule has 1 atom stereocenters. The lowest BCUT2D eigenvalue weighted by Gasteiger charge is -2.42. The van der Waals surface area contributed by atoms with E-state index >= 15 is 0 Å². The summed E-state index contributed by atoms with van der Waals surface area (Å²) in [6.45, 7) is 1.86. The largest absolute Gasteiger partial charge is 0.497 e. The van der Waals surface area contributed by atoms with Gasteiger partial charge in [0.25, 0.3) is 5.91 Å². The van der Waals surface area contributed by atoms with E-state index < -0.39 is 5.91 Å². The van der Waals surface area contributed by atoms with Crippen molar-refractivity contribution in [3.63, 3.8) is 0 Å². The SMILES string of the molecule is CCC(c1ccc(OC)cc1)N1NN(CC(N)=O)C(=O)c2ccccc21. The number of methoxy groups -OCH3 is 1. The van der Waals surface area contributed by atoms with E-state index in [1.807, 2.05) is 41.4 Å². The predicted molar refractivity (Wildman–Crippen MR) is 98.3 cm³/mol. The van der Waals surface area contributed by atoms with Crippen molar-refractivity contribution in [2.75, 3.05) is 18.7 Å². The van der Waals surface area contributed by atoms with Gasteiger partial charge in [0.15, 0.2) is 0 Å². The lowest BCUT2D eigenvalue weighted by molar-refractivity contribution is -0.119. The maximum absolute atomic E-state index is 12.6. The molecule has 3 N–H and O–H groups in total. The molecule has 0 saturated heterocycles. The normalized spacial score (nSPS) is 14.8. The van der Waals surface area contributed by atoms with E-state index in [2.05, 4.69) is 12.5 Å². The van der Waals surface area contributed by atoms with E-state index in [-0.39, 0.29) is 18.5 Å². The van der Waals surface area contributed by atoms with Gasteiger partial charge in [0.1, 0.15) is 12.3 Å². The van der Waals surface area contributed by atoms with Crippen molar-refractivity contribution in [2.24, 2.45) is 5.73 Å². The molecule has 1 aliphatic rings. The van der Waals surface area contributed by atoms with Crippen LogP contribution in [-0.2, 0) is 4.79 Å². The second-order valence-corrected chi connectivity index (χ2v) is 6.04. The fraction of sp³-hybridized carbons (Fsp3) is 0.263. The van der Waals surface area contributed by atoms with Gasteiger partial charge in [0.2, 0.25) is 5.91 Å². The first-order valence-corrected chi connectivity index (χ1v) is 8.43. The monoisotopic (exact) mass is 354 g/mol. The summed E-state index contributed by atoms with van der Waals surface area (Å²) in [5.74, 6) is -0.0796. The van der Waals surface area contributed by atoms with Crippen molar-refractivity contribution < 1.29 is 14.3 Å². The number of hydrogen-bond acceptors (Lipinski definition) is 5. The highest BCUT2D eigenvalue weighted by Crippen LogP contribution is 2.34. The number of anilines is 1. The highest BCUT2D eigenvalue weighted by atomic mass is 16.5. The van der Waals surface area contributed by atoms with Gasteiger partial charge in [-0.25, -0.2) is 5.01 Å². The van der Waals surface area contributed by atoms with Gasteiger partial charge in [-0.1, -0.05) is 31.2 Å². The summed E-state index contributed by atoms with van der Waals surface area (Å²) >= 11 is 0. The van der Waals surface area contributed by atoms with Crippen LogP contribution in [0.1, 0.15) is 35.3 Å². The van der Waals surface area contributed by atoms with E-state index in [0.717, 1.165) is 23.4 Å². The van der Waals surface area contributed by atoms with E-state index in [4.69, 9.17) is 10.5 Å². The molecule has 136 valence electrons. The van der Waals surface area contributed by atoms with Crippen LogP contribution in [0.25, 0.3) is 0 Å². The fourth-order valence-corrected chi connectivity index (χ4v) is 3.13. The Balaban J connectivity index is 2.00. The van der Waals surface area contributed by atoms with E-state index in [9.17, 15) is 9.59 Å². The molecule has 1 heterocycles. The molecule has 7 heteroatoms. The van der Waals surface area contributed by atoms with E-state index in [0.29, 0.717) is 5.56 Å². The smallest absolute Gasteiger partial charge is 0.272 e. The van der Waals surface area contributed by atoms with Crippen molar-refractivity contribution >= 4 is 17.5 Å². The molecule has 1 aliphatic heterocycles. The molecule has 2 amide bonds. The van der Waals surface area contributed by atoms with Crippen LogP contribution in [0.15, 0.2) is 48.5 Å². The van der Waals surface area contributed by atoms with Crippen LogP contribution < -0.4 is 21.0 Å². The van der Waals surface area contributed by atoms with Crippen LogP contribution >= 0.6 is 0 Å². The number of hydrazine groups is 2. The topological polar surface area (TPSA) is 87.9 Å². The third-order valence-electron chi connectivity index (χ3n) is 4.38. The second kappa shape index (κ2) is 7.45. The van der Waals surface area contributed by atoms with Gasteiger partial charge in [-0.3, -0.25) is 14.6 Å². The average Bonchev–Trinajstić information content (AvgIpc) is 2.66. The number of fused-ring (bicyclic) bond motifs is 1. The number of nitrogens with two attached hydrogens (primary N) is 1. The quantitative estimate of drug-likeness (QED) is 0.829. The molecule has 26 heavy (non-hydrogen) atoms. The molecule has 0 aliphatic carbocycles. The lowest BCUT2D eigenvalue weighted by atomic mass is 10.0. The van der Waals surface area contributed by atoms with Gasteiger partial charge in [-0.15, -0.1) is 5.53 Å². The Morgan fingerprint density at radius 3 is 2.50 bits per heavy atom. The lowest BCUT2D eigenvalue weighted by Crippen LogP contribution is -2.59. The molecule has 0 bridgehead atoms. The molecule has 7 nitrogen and oxygen atoms in total. The number of nitrogens with zero attached hydrogens (tertiary/aromatic N) is 2. The summed E-state index contributed by atoms with van der Waals surface area (Å²) in [4.78, 5) is 24.0. The van der Waals surface area contributed by atoms with Crippen molar-refractivity contribution in [1.82, 2.24) is 10.5 Å². The van der Waals surface area contributed by atoms with Crippen molar-refractivity contribution in [3.05, 3.63) is 59.7 Å². The third kappa shape index (κ3) is 3.34. The van der Waals surface area contributed by atoms with Gasteiger partial charge in [-0.2, -0.15) is 0 Å². The van der Waals surface area contributed by atoms with Gasteiger partial charge < -0.3 is 10.5 Å². The first-order valence-electron chi connectivity index (χ1n) is 8.43. The van der Waals surface area contributed by atoms with Crippen molar-refractivity contribution in [1.29, 1.82) is 0 Å². The zero-order valence-corrected chi connectivity index (χ0v) is 14.8. The Bertz CT molecular complexity index is 807. The number of rotatable bonds is 6. The Hall–Kier alpha value is -3.06. The number of nitrogens with one attached hydrogen (secondary N) is 1. The number of carbonyl (C=O) groups excluding carboxylic acids is 2. The van der Waals surface area contributed by atoms with E-state index in [1.165, 1.54) is 5.01 Å². The fourth-order valence-electron chi connectivity index (χ4n) is 3.13.